The summed E-state index contributed by atoms with van der Waals surface area (Å²) in [5, 5.41) is 12.7. The molecule has 2 N–H and O–H groups in total. The maximum Gasteiger partial charge on any atom is 0.307 e. The monoisotopic (exact) mass is 306 g/mol. The van der Waals surface area contributed by atoms with E-state index < -0.39 is 17.8 Å². The first kappa shape index (κ1) is 14.3. The molecule has 0 radical (unpaired) electrons. The molecule has 5 nitrogen and oxygen atoms in total. The SMILES string of the molecule is O=C(O)C1CC=CCC1C(=O)Nc1nc2c(s1)CCCC2. The van der Waals surface area contributed by atoms with Crippen molar-refractivity contribution in [1.29, 1.82) is 0 Å². The van der Waals surface area contributed by atoms with Crippen molar-refractivity contribution in [1.82, 2.24) is 4.98 Å². The molecule has 112 valence electrons. The first-order valence-corrected chi connectivity index (χ1v) is 8.14. The van der Waals surface area contributed by atoms with Crippen molar-refractivity contribution in [3.63, 3.8) is 0 Å². The molecule has 0 spiro atoms. The molecule has 0 fully saturated rings. The topological polar surface area (TPSA) is 79.3 Å². The van der Waals surface area contributed by atoms with Gasteiger partial charge in [-0.3, -0.25) is 9.59 Å². The largest absolute Gasteiger partial charge is 0.481 e. The number of amides is 1. The number of aliphatic carboxylic acids is 1. The fourth-order valence-corrected chi connectivity index (χ4v) is 4.03. The normalized spacial score (nSPS) is 24.4. The zero-order valence-electron chi connectivity index (χ0n) is 11.7. The van der Waals surface area contributed by atoms with E-state index in [1.165, 1.54) is 22.6 Å². The minimum Gasteiger partial charge on any atom is -0.481 e. The third-order valence-corrected chi connectivity index (χ3v) is 5.24. The van der Waals surface area contributed by atoms with Gasteiger partial charge in [-0.2, -0.15) is 0 Å². The van der Waals surface area contributed by atoms with Crippen LogP contribution in [0.4, 0.5) is 5.13 Å². The van der Waals surface area contributed by atoms with Gasteiger partial charge >= 0.3 is 5.97 Å². The molecule has 0 aromatic carbocycles. The van der Waals surface area contributed by atoms with Crippen LogP contribution in [0, 0.1) is 11.8 Å². The van der Waals surface area contributed by atoms with Gasteiger partial charge in [-0.25, -0.2) is 4.98 Å². The zero-order chi connectivity index (χ0) is 14.8. The number of allylic oxidation sites excluding steroid dienone is 2. The molecular formula is C15H18N2O3S. The number of anilines is 1. The number of nitrogens with one attached hydrogen (secondary N) is 1. The highest BCUT2D eigenvalue weighted by Gasteiger charge is 2.34. The number of hydrogen-bond donors (Lipinski definition) is 2. The summed E-state index contributed by atoms with van der Waals surface area (Å²) < 4.78 is 0. The van der Waals surface area contributed by atoms with Gasteiger partial charge in [-0.1, -0.05) is 12.2 Å². The summed E-state index contributed by atoms with van der Waals surface area (Å²) in [4.78, 5) is 29.3. The lowest BCUT2D eigenvalue weighted by Gasteiger charge is -2.23. The van der Waals surface area contributed by atoms with Gasteiger partial charge in [0, 0.05) is 4.88 Å². The van der Waals surface area contributed by atoms with Gasteiger partial charge in [-0.05, 0) is 38.5 Å². The van der Waals surface area contributed by atoms with Crippen molar-refractivity contribution in [2.24, 2.45) is 11.8 Å². The number of aromatic nitrogens is 1. The highest BCUT2D eigenvalue weighted by atomic mass is 32.1. The second-order valence-electron chi connectivity index (χ2n) is 5.58. The molecule has 21 heavy (non-hydrogen) atoms. The number of nitrogens with zero attached hydrogens (tertiary/aromatic N) is 1. The maximum atomic E-state index is 12.4. The van der Waals surface area contributed by atoms with Crippen molar-refractivity contribution < 1.29 is 14.7 Å². The Kier molecular flexibility index (Phi) is 4.05. The lowest BCUT2D eigenvalue weighted by Crippen LogP contribution is -2.34. The number of carboxylic acid groups (broad SMARTS) is 1. The highest BCUT2D eigenvalue weighted by Crippen LogP contribution is 2.31. The van der Waals surface area contributed by atoms with Crippen molar-refractivity contribution in [3.8, 4) is 0 Å². The van der Waals surface area contributed by atoms with Crippen LogP contribution in [0.25, 0.3) is 0 Å². The highest BCUT2D eigenvalue weighted by molar-refractivity contribution is 7.15. The maximum absolute atomic E-state index is 12.4. The molecule has 1 aromatic rings. The average molecular weight is 306 g/mol. The molecule has 1 aromatic heterocycles. The van der Waals surface area contributed by atoms with E-state index in [0.29, 0.717) is 18.0 Å². The predicted molar refractivity (Wildman–Crippen MR) is 80.4 cm³/mol. The number of carbonyl (C=O) groups excluding carboxylic acids is 1. The molecule has 6 heteroatoms. The molecule has 1 heterocycles. The Morgan fingerprint density at radius 2 is 1.90 bits per heavy atom. The van der Waals surface area contributed by atoms with Gasteiger partial charge in [0.1, 0.15) is 0 Å². The predicted octanol–water partition coefficient (Wildman–Crippen LogP) is 2.63. The first-order valence-electron chi connectivity index (χ1n) is 7.32. The minimum atomic E-state index is -0.905. The van der Waals surface area contributed by atoms with Crippen LogP contribution in [0.2, 0.25) is 0 Å². The fourth-order valence-electron chi connectivity index (χ4n) is 2.98. The van der Waals surface area contributed by atoms with E-state index in [1.54, 1.807) is 0 Å². The van der Waals surface area contributed by atoms with Crippen LogP contribution >= 0.6 is 11.3 Å². The van der Waals surface area contributed by atoms with Crippen LogP contribution in [0.3, 0.4) is 0 Å². The molecule has 2 aliphatic rings. The third-order valence-electron chi connectivity index (χ3n) is 4.16. The Hall–Kier alpha value is -1.69. The van der Waals surface area contributed by atoms with E-state index in [4.69, 9.17) is 0 Å². The quantitative estimate of drug-likeness (QED) is 0.841. The van der Waals surface area contributed by atoms with Gasteiger partial charge in [-0.15, -0.1) is 11.3 Å². The summed E-state index contributed by atoms with van der Waals surface area (Å²) in [6.45, 7) is 0. The third kappa shape index (κ3) is 3.00. The molecule has 2 aliphatic carbocycles. The van der Waals surface area contributed by atoms with Crippen LogP contribution in [0.15, 0.2) is 12.2 Å². The average Bonchev–Trinajstić information content (AvgIpc) is 2.89. The Morgan fingerprint density at radius 3 is 2.62 bits per heavy atom. The molecule has 1 amide bonds. The molecule has 2 atom stereocenters. The van der Waals surface area contributed by atoms with Crippen LogP contribution in [0.5, 0.6) is 0 Å². The van der Waals surface area contributed by atoms with E-state index in [2.05, 4.69) is 10.3 Å². The van der Waals surface area contributed by atoms with Crippen molar-refractivity contribution in [2.45, 2.75) is 38.5 Å². The van der Waals surface area contributed by atoms with E-state index in [9.17, 15) is 14.7 Å². The molecule has 3 rings (SSSR count). The number of rotatable bonds is 3. The molecule has 0 saturated carbocycles. The van der Waals surface area contributed by atoms with Gasteiger partial charge in [0.15, 0.2) is 5.13 Å². The first-order chi connectivity index (χ1) is 10.1. The van der Waals surface area contributed by atoms with E-state index in [1.807, 2.05) is 12.2 Å². The Balaban J connectivity index is 1.72. The summed E-state index contributed by atoms with van der Waals surface area (Å²) in [6, 6.07) is 0. The van der Waals surface area contributed by atoms with E-state index in [0.717, 1.165) is 25.0 Å². The molecular weight excluding hydrogens is 288 g/mol. The number of fused-ring (bicyclic) bond motifs is 1. The summed E-state index contributed by atoms with van der Waals surface area (Å²) >= 11 is 1.53. The smallest absolute Gasteiger partial charge is 0.307 e. The van der Waals surface area contributed by atoms with Gasteiger partial charge in [0.25, 0.3) is 0 Å². The van der Waals surface area contributed by atoms with E-state index in [-0.39, 0.29) is 5.91 Å². The number of carbonyl (C=O) groups is 2. The summed E-state index contributed by atoms with van der Waals surface area (Å²) in [7, 11) is 0. The Morgan fingerprint density at radius 1 is 1.19 bits per heavy atom. The van der Waals surface area contributed by atoms with Crippen molar-refractivity contribution in [3.05, 3.63) is 22.7 Å². The van der Waals surface area contributed by atoms with Gasteiger partial charge in [0.2, 0.25) is 5.91 Å². The number of hydrogen-bond acceptors (Lipinski definition) is 4. The summed E-state index contributed by atoms with van der Waals surface area (Å²) in [5.41, 5.74) is 1.10. The lowest BCUT2D eigenvalue weighted by molar-refractivity contribution is -0.146. The second-order valence-corrected chi connectivity index (χ2v) is 6.66. The number of aryl methyl sites for hydroxylation is 2. The van der Waals surface area contributed by atoms with Crippen LogP contribution in [-0.2, 0) is 22.4 Å². The number of carboxylic acids is 1. The summed E-state index contributed by atoms with van der Waals surface area (Å²) in [6.07, 6.45) is 8.96. The molecule has 2 unspecified atom stereocenters. The molecule has 0 aliphatic heterocycles. The van der Waals surface area contributed by atoms with Gasteiger partial charge < -0.3 is 10.4 Å². The van der Waals surface area contributed by atoms with Crippen LogP contribution < -0.4 is 5.32 Å². The lowest BCUT2D eigenvalue weighted by atomic mass is 9.82. The Labute approximate surface area is 127 Å². The van der Waals surface area contributed by atoms with Gasteiger partial charge in [0.05, 0.1) is 17.5 Å². The van der Waals surface area contributed by atoms with Crippen LogP contribution in [-0.4, -0.2) is 22.0 Å². The standard InChI is InChI=1S/C15H18N2O3S/c18-13(9-5-1-2-6-10(9)14(19)20)17-15-16-11-7-3-4-8-12(11)21-15/h1-2,9-10H,3-8H2,(H,19,20)(H,16,17,18). The van der Waals surface area contributed by atoms with Crippen molar-refractivity contribution >= 4 is 28.3 Å². The fraction of sp³-hybridized carbons (Fsp3) is 0.533. The van der Waals surface area contributed by atoms with Crippen molar-refractivity contribution in [2.75, 3.05) is 5.32 Å². The van der Waals surface area contributed by atoms with E-state index >= 15 is 0 Å². The second kappa shape index (κ2) is 5.97. The van der Waals surface area contributed by atoms with Crippen LogP contribution in [0.1, 0.15) is 36.3 Å². The number of thiazole rings is 1. The molecule has 0 bridgehead atoms. The Bertz CT molecular complexity index is 570. The molecule has 0 saturated heterocycles. The summed E-state index contributed by atoms with van der Waals surface area (Å²) in [5.74, 6) is -2.27. The zero-order valence-corrected chi connectivity index (χ0v) is 12.5. The minimum absolute atomic E-state index is 0.224.